The van der Waals surface area contributed by atoms with Crippen LogP contribution in [0.5, 0.6) is 0 Å². The average Bonchev–Trinajstić information content (AvgIpc) is 2.06. The number of aromatic nitrogens is 2. The van der Waals surface area contributed by atoms with Gasteiger partial charge in [0, 0.05) is 6.20 Å². The summed E-state index contributed by atoms with van der Waals surface area (Å²) in [6.07, 6.45) is 3.54. The second-order valence-electron chi connectivity index (χ2n) is 2.12. The van der Waals surface area contributed by atoms with Crippen LogP contribution in [-0.2, 0) is 0 Å². The molecule has 56 valence electrons. The Hall–Kier alpha value is -1.49. The number of aliphatic hydroxyl groups is 1. The monoisotopic (exact) mass is 150 g/mol. The number of aliphatic hydroxyl groups excluding tert-OH is 1. The summed E-state index contributed by atoms with van der Waals surface area (Å²) in [5.74, 6) is 0.613. The quantitative estimate of drug-likeness (QED) is 0.542. The molecule has 1 atom stereocenters. The van der Waals surface area contributed by atoms with Crippen LogP contribution in [0.1, 0.15) is 11.8 Å². The minimum atomic E-state index is -0.826. The Morgan fingerprint density at radius 1 is 1.55 bits per heavy atom. The van der Waals surface area contributed by atoms with Crippen LogP contribution in [-0.4, -0.2) is 21.4 Å². The van der Waals surface area contributed by atoms with E-state index in [1.165, 1.54) is 18.9 Å². The fourth-order valence-corrected chi connectivity index (χ4v) is 0.899. The van der Waals surface area contributed by atoms with Crippen molar-refractivity contribution in [3.8, 4) is 0 Å². The van der Waals surface area contributed by atoms with Crippen molar-refractivity contribution in [2.24, 2.45) is 4.99 Å². The zero-order chi connectivity index (χ0) is 7.68. The van der Waals surface area contributed by atoms with Crippen LogP contribution in [0, 0.1) is 0 Å². The average molecular weight is 150 g/mol. The lowest BCUT2D eigenvalue weighted by Crippen LogP contribution is -2.11. The van der Waals surface area contributed by atoms with Gasteiger partial charge in [-0.3, -0.25) is 0 Å². The van der Waals surface area contributed by atoms with E-state index in [0.29, 0.717) is 11.4 Å². The molecule has 2 N–H and O–H groups in total. The standard InChI is InChI=1S/C6H6N4O/c11-6-4-1-7-2-8-5(4)9-3-10-6/h1-3,6,11H,(H,7,8,9,10). The molecule has 0 fully saturated rings. The Morgan fingerprint density at radius 2 is 2.45 bits per heavy atom. The summed E-state index contributed by atoms with van der Waals surface area (Å²) >= 11 is 0. The smallest absolute Gasteiger partial charge is 0.178 e. The van der Waals surface area contributed by atoms with E-state index in [1.807, 2.05) is 0 Å². The number of aliphatic imine (C=N–C) groups is 1. The number of nitrogens with zero attached hydrogens (tertiary/aromatic N) is 3. The molecule has 0 bridgehead atoms. The molecule has 1 aromatic rings. The molecule has 2 heterocycles. The fourth-order valence-electron chi connectivity index (χ4n) is 0.899. The maximum atomic E-state index is 9.24. The van der Waals surface area contributed by atoms with Gasteiger partial charge in [0.15, 0.2) is 6.23 Å². The Morgan fingerprint density at radius 3 is 3.27 bits per heavy atom. The highest BCUT2D eigenvalue weighted by molar-refractivity contribution is 5.77. The number of anilines is 1. The molecule has 0 amide bonds. The van der Waals surface area contributed by atoms with Crippen LogP contribution in [0.25, 0.3) is 0 Å². The van der Waals surface area contributed by atoms with Crippen molar-refractivity contribution < 1.29 is 5.11 Å². The molecule has 5 heteroatoms. The first-order valence-electron chi connectivity index (χ1n) is 3.14. The first-order chi connectivity index (χ1) is 5.38. The number of hydrogen-bond donors (Lipinski definition) is 2. The summed E-state index contributed by atoms with van der Waals surface area (Å²) in [5, 5.41) is 12.0. The molecule has 0 aliphatic carbocycles. The van der Waals surface area contributed by atoms with E-state index in [2.05, 4.69) is 20.3 Å². The SMILES string of the molecule is OC1N=CNc2ncncc21. The van der Waals surface area contributed by atoms with Gasteiger partial charge in [0.25, 0.3) is 0 Å². The maximum Gasteiger partial charge on any atom is 0.178 e. The van der Waals surface area contributed by atoms with E-state index < -0.39 is 6.23 Å². The van der Waals surface area contributed by atoms with Gasteiger partial charge in [-0.25, -0.2) is 15.0 Å². The Bertz CT molecular complexity index is 298. The summed E-state index contributed by atoms with van der Waals surface area (Å²) < 4.78 is 0. The van der Waals surface area contributed by atoms with Gasteiger partial charge in [0.2, 0.25) is 0 Å². The minimum absolute atomic E-state index is 0.606. The largest absolute Gasteiger partial charge is 0.368 e. The molecule has 0 saturated heterocycles. The number of hydrogen-bond acceptors (Lipinski definition) is 5. The normalized spacial score (nSPS) is 20.6. The zero-order valence-corrected chi connectivity index (χ0v) is 5.60. The topological polar surface area (TPSA) is 70.4 Å². The molecule has 1 aliphatic rings. The van der Waals surface area contributed by atoms with Crippen LogP contribution >= 0.6 is 0 Å². The first kappa shape index (κ1) is 6.23. The third kappa shape index (κ3) is 0.947. The van der Waals surface area contributed by atoms with Gasteiger partial charge in [-0.1, -0.05) is 0 Å². The van der Waals surface area contributed by atoms with Crippen LogP contribution in [0.4, 0.5) is 5.82 Å². The highest BCUT2D eigenvalue weighted by Gasteiger charge is 2.14. The summed E-state index contributed by atoms with van der Waals surface area (Å²) in [7, 11) is 0. The predicted octanol–water partition coefficient (Wildman–Crippen LogP) is -0.0787. The van der Waals surface area contributed by atoms with Gasteiger partial charge in [0.1, 0.15) is 12.1 Å². The van der Waals surface area contributed by atoms with Crippen LogP contribution in [0.15, 0.2) is 17.5 Å². The van der Waals surface area contributed by atoms with Crippen molar-refractivity contribution in [2.75, 3.05) is 5.32 Å². The molecular weight excluding hydrogens is 144 g/mol. The highest BCUT2D eigenvalue weighted by atomic mass is 16.3. The van der Waals surface area contributed by atoms with E-state index in [-0.39, 0.29) is 0 Å². The molecule has 1 unspecified atom stereocenters. The third-order valence-electron chi connectivity index (χ3n) is 1.44. The van der Waals surface area contributed by atoms with Gasteiger partial charge >= 0.3 is 0 Å². The lowest BCUT2D eigenvalue weighted by atomic mass is 10.2. The second kappa shape index (κ2) is 2.28. The molecule has 0 spiro atoms. The molecular formula is C6H6N4O. The molecule has 11 heavy (non-hydrogen) atoms. The second-order valence-corrected chi connectivity index (χ2v) is 2.12. The summed E-state index contributed by atoms with van der Waals surface area (Å²) in [5.41, 5.74) is 0.606. The van der Waals surface area contributed by atoms with Crippen molar-refractivity contribution in [3.63, 3.8) is 0 Å². The number of rotatable bonds is 0. The molecule has 1 aromatic heterocycles. The molecule has 5 nitrogen and oxygen atoms in total. The van der Waals surface area contributed by atoms with Crippen molar-refractivity contribution >= 4 is 12.2 Å². The lowest BCUT2D eigenvalue weighted by Gasteiger charge is -2.13. The van der Waals surface area contributed by atoms with E-state index in [9.17, 15) is 5.11 Å². The molecule has 1 aliphatic heterocycles. The summed E-state index contributed by atoms with van der Waals surface area (Å²) in [6.45, 7) is 0. The molecule has 2 rings (SSSR count). The van der Waals surface area contributed by atoms with E-state index in [0.717, 1.165) is 0 Å². The van der Waals surface area contributed by atoms with Crippen molar-refractivity contribution in [3.05, 3.63) is 18.1 Å². The van der Waals surface area contributed by atoms with Gasteiger partial charge in [-0.05, 0) is 0 Å². The summed E-state index contributed by atoms with van der Waals surface area (Å²) in [6, 6.07) is 0. The molecule has 0 aromatic carbocycles. The van der Waals surface area contributed by atoms with Crippen LogP contribution in [0.2, 0.25) is 0 Å². The lowest BCUT2D eigenvalue weighted by molar-refractivity contribution is 0.188. The molecule has 0 radical (unpaired) electrons. The van der Waals surface area contributed by atoms with Crippen molar-refractivity contribution in [1.29, 1.82) is 0 Å². The Kier molecular flexibility index (Phi) is 1.29. The third-order valence-corrected chi connectivity index (χ3v) is 1.44. The van der Waals surface area contributed by atoms with Gasteiger partial charge < -0.3 is 10.4 Å². The number of fused-ring (bicyclic) bond motifs is 1. The van der Waals surface area contributed by atoms with Crippen molar-refractivity contribution in [1.82, 2.24) is 9.97 Å². The molecule has 0 saturated carbocycles. The van der Waals surface area contributed by atoms with Crippen LogP contribution < -0.4 is 5.32 Å². The Balaban J connectivity index is 2.50. The predicted molar refractivity (Wildman–Crippen MR) is 39.1 cm³/mol. The van der Waals surface area contributed by atoms with Gasteiger partial charge in [-0.2, -0.15) is 0 Å². The van der Waals surface area contributed by atoms with Crippen molar-refractivity contribution in [2.45, 2.75) is 6.23 Å². The first-order valence-corrected chi connectivity index (χ1v) is 3.14. The summed E-state index contributed by atoms with van der Waals surface area (Å²) in [4.78, 5) is 11.4. The fraction of sp³-hybridized carbons (Fsp3) is 0.167. The number of nitrogens with one attached hydrogen (secondary N) is 1. The van der Waals surface area contributed by atoms with E-state index >= 15 is 0 Å². The van der Waals surface area contributed by atoms with Crippen LogP contribution in [0.3, 0.4) is 0 Å². The van der Waals surface area contributed by atoms with E-state index in [4.69, 9.17) is 0 Å². The zero-order valence-electron chi connectivity index (χ0n) is 5.60. The van der Waals surface area contributed by atoms with Gasteiger partial charge in [0.05, 0.1) is 11.9 Å². The Labute approximate surface area is 62.8 Å². The van der Waals surface area contributed by atoms with Gasteiger partial charge in [-0.15, -0.1) is 0 Å². The highest BCUT2D eigenvalue weighted by Crippen LogP contribution is 2.22. The van der Waals surface area contributed by atoms with E-state index in [1.54, 1.807) is 0 Å². The maximum absolute atomic E-state index is 9.24. The minimum Gasteiger partial charge on any atom is -0.368 e.